The van der Waals surface area contributed by atoms with Crippen molar-refractivity contribution in [2.45, 2.75) is 52.4 Å². The quantitative estimate of drug-likeness (QED) is 0.317. The van der Waals surface area contributed by atoms with Crippen molar-refractivity contribution in [2.75, 3.05) is 5.01 Å². The summed E-state index contributed by atoms with van der Waals surface area (Å²) in [4.78, 5) is 23.2. The van der Waals surface area contributed by atoms with Gasteiger partial charge in [0.15, 0.2) is 0 Å². The zero-order chi connectivity index (χ0) is 17.5. The lowest BCUT2D eigenvalue weighted by molar-refractivity contribution is -0.135. The fourth-order valence-corrected chi connectivity index (χ4v) is 2.24. The molecule has 1 aromatic rings. The molecule has 6 nitrogen and oxygen atoms in total. The van der Waals surface area contributed by atoms with Gasteiger partial charge in [-0.25, -0.2) is 10.9 Å². The Hall–Kier alpha value is -2.08. The minimum absolute atomic E-state index is 0.0820. The lowest BCUT2D eigenvalue weighted by atomic mass is 9.78. The summed E-state index contributed by atoms with van der Waals surface area (Å²) >= 11 is 0. The van der Waals surface area contributed by atoms with E-state index >= 15 is 0 Å². The highest BCUT2D eigenvalue weighted by Gasteiger charge is 2.32. The van der Waals surface area contributed by atoms with Gasteiger partial charge < -0.3 is 10.8 Å². The number of rotatable bonds is 1. The average Bonchev–Trinajstić information content (AvgIpc) is 2.33. The summed E-state index contributed by atoms with van der Waals surface area (Å²) in [5.74, 6) is 3.84. The van der Waals surface area contributed by atoms with Gasteiger partial charge in [0, 0.05) is 0 Å². The number of nitrogens with two attached hydrogens (primary N) is 2. The molecule has 0 radical (unpaired) electrons. The van der Waals surface area contributed by atoms with Crippen molar-refractivity contribution in [3.05, 3.63) is 23.3 Å². The highest BCUT2D eigenvalue weighted by Crippen LogP contribution is 2.41. The monoisotopic (exact) mass is 307 g/mol. The molecule has 122 valence electrons. The predicted octanol–water partition coefficient (Wildman–Crippen LogP) is 1.68. The Bertz CT molecular complexity index is 575. The van der Waals surface area contributed by atoms with E-state index in [-0.39, 0.29) is 5.75 Å². The molecule has 1 rings (SSSR count). The molecular weight excluding hydrogens is 282 g/mol. The molecule has 0 aliphatic carbocycles. The highest BCUT2D eigenvalue weighted by atomic mass is 16.3. The first-order chi connectivity index (χ1) is 9.76. The van der Waals surface area contributed by atoms with Crippen LogP contribution in [-0.2, 0) is 20.4 Å². The van der Waals surface area contributed by atoms with Crippen LogP contribution in [0, 0.1) is 0 Å². The number of carbonyl (C=O) groups is 2. The Kier molecular flexibility index (Phi) is 4.58. The molecule has 0 saturated carbocycles. The van der Waals surface area contributed by atoms with Crippen LogP contribution in [0.25, 0.3) is 0 Å². The first-order valence-corrected chi connectivity index (χ1v) is 7.03. The lowest BCUT2D eigenvalue weighted by Crippen LogP contribution is -2.47. The number of nitrogens with zero attached hydrogens (tertiary/aromatic N) is 1. The van der Waals surface area contributed by atoms with Crippen LogP contribution in [0.1, 0.15) is 52.7 Å². The molecule has 0 aromatic heterocycles. The second-order valence-corrected chi connectivity index (χ2v) is 7.43. The number of phenolic OH excluding ortho intramolecular Hbond substituents is 1. The first-order valence-electron chi connectivity index (χ1n) is 7.03. The summed E-state index contributed by atoms with van der Waals surface area (Å²) in [6.07, 6.45) is 0. The number of primary amides is 1. The number of amides is 2. The van der Waals surface area contributed by atoms with Gasteiger partial charge in [0.2, 0.25) is 0 Å². The second-order valence-electron chi connectivity index (χ2n) is 7.43. The third-order valence-corrected chi connectivity index (χ3v) is 3.38. The van der Waals surface area contributed by atoms with Gasteiger partial charge in [-0.2, -0.15) is 0 Å². The van der Waals surface area contributed by atoms with E-state index in [1.165, 1.54) is 0 Å². The highest BCUT2D eigenvalue weighted by molar-refractivity contribution is 6.39. The zero-order valence-electron chi connectivity index (χ0n) is 14.0. The minimum Gasteiger partial charge on any atom is -0.508 e. The van der Waals surface area contributed by atoms with Crippen molar-refractivity contribution in [1.29, 1.82) is 0 Å². The molecule has 22 heavy (non-hydrogen) atoms. The average molecular weight is 307 g/mol. The Labute approximate surface area is 131 Å². The summed E-state index contributed by atoms with van der Waals surface area (Å²) in [6.45, 7) is 11.6. The van der Waals surface area contributed by atoms with Crippen LogP contribution in [0.4, 0.5) is 5.69 Å². The molecule has 2 amide bonds. The van der Waals surface area contributed by atoms with Gasteiger partial charge in [0.1, 0.15) is 5.75 Å². The number of anilines is 1. The first kappa shape index (κ1) is 18.0. The van der Waals surface area contributed by atoms with Crippen LogP contribution in [0.15, 0.2) is 12.1 Å². The lowest BCUT2D eigenvalue weighted by Gasteiger charge is -2.33. The fraction of sp³-hybridized carbons (Fsp3) is 0.500. The summed E-state index contributed by atoms with van der Waals surface area (Å²) in [5.41, 5.74) is 5.99. The second kappa shape index (κ2) is 5.61. The van der Waals surface area contributed by atoms with Gasteiger partial charge >= 0.3 is 11.8 Å². The predicted molar refractivity (Wildman–Crippen MR) is 86.4 cm³/mol. The van der Waals surface area contributed by atoms with E-state index in [2.05, 4.69) is 0 Å². The van der Waals surface area contributed by atoms with Crippen LogP contribution in [-0.4, -0.2) is 16.9 Å². The van der Waals surface area contributed by atoms with E-state index in [9.17, 15) is 14.7 Å². The van der Waals surface area contributed by atoms with Crippen molar-refractivity contribution in [2.24, 2.45) is 11.6 Å². The van der Waals surface area contributed by atoms with Gasteiger partial charge in [-0.15, -0.1) is 0 Å². The zero-order valence-corrected chi connectivity index (χ0v) is 14.0. The maximum absolute atomic E-state index is 12.0. The number of hydrogen-bond donors (Lipinski definition) is 3. The molecule has 0 spiro atoms. The SMILES string of the molecule is CC(C)(C)c1cc(O)cc(C(C)(C)C)c1N(N)C(=O)C(N)=O. The van der Waals surface area contributed by atoms with Crippen LogP contribution in [0.2, 0.25) is 0 Å². The molecule has 0 aliphatic rings. The van der Waals surface area contributed by atoms with Crippen molar-refractivity contribution >= 4 is 17.5 Å². The molecule has 0 atom stereocenters. The van der Waals surface area contributed by atoms with Crippen molar-refractivity contribution < 1.29 is 14.7 Å². The van der Waals surface area contributed by atoms with Crippen LogP contribution < -0.4 is 16.6 Å². The van der Waals surface area contributed by atoms with E-state index in [1.54, 1.807) is 12.1 Å². The summed E-state index contributed by atoms with van der Waals surface area (Å²) in [5, 5.41) is 10.8. The van der Waals surface area contributed by atoms with E-state index in [0.29, 0.717) is 16.8 Å². The largest absolute Gasteiger partial charge is 0.508 e. The third-order valence-electron chi connectivity index (χ3n) is 3.38. The van der Waals surface area contributed by atoms with E-state index < -0.39 is 22.6 Å². The molecule has 6 heteroatoms. The minimum atomic E-state index is -1.13. The van der Waals surface area contributed by atoms with Gasteiger partial charge in [0.25, 0.3) is 0 Å². The Morgan fingerprint density at radius 2 is 1.36 bits per heavy atom. The van der Waals surface area contributed by atoms with E-state index in [4.69, 9.17) is 11.6 Å². The van der Waals surface area contributed by atoms with Crippen LogP contribution >= 0.6 is 0 Å². The van der Waals surface area contributed by atoms with Gasteiger partial charge in [0.05, 0.1) is 5.69 Å². The number of aromatic hydroxyl groups is 1. The Morgan fingerprint density at radius 1 is 1.00 bits per heavy atom. The van der Waals surface area contributed by atoms with Crippen LogP contribution in [0.3, 0.4) is 0 Å². The normalized spacial score (nSPS) is 12.1. The van der Waals surface area contributed by atoms with E-state index in [0.717, 1.165) is 5.01 Å². The molecule has 0 saturated heterocycles. The molecule has 1 aromatic carbocycles. The van der Waals surface area contributed by atoms with Crippen molar-refractivity contribution in [3.8, 4) is 5.75 Å². The molecule has 0 aliphatic heterocycles. The van der Waals surface area contributed by atoms with Crippen LogP contribution in [0.5, 0.6) is 5.75 Å². The molecule has 0 unspecified atom stereocenters. The molecule has 5 N–H and O–H groups in total. The molecular formula is C16H25N3O3. The summed E-state index contributed by atoms with van der Waals surface area (Å²) in [7, 11) is 0. The number of hydrazine groups is 1. The molecule has 0 heterocycles. The van der Waals surface area contributed by atoms with Gasteiger partial charge in [-0.3, -0.25) is 9.59 Å². The maximum atomic E-state index is 12.0. The summed E-state index contributed by atoms with van der Waals surface area (Å²) in [6, 6.07) is 3.11. The Balaban J connectivity index is 3.77. The maximum Gasteiger partial charge on any atom is 0.330 e. The third kappa shape index (κ3) is 3.57. The topological polar surface area (TPSA) is 110 Å². The van der Waals surface area contributed by atoms with E-state index in [1.807, 2.05) is 41.5 Å². The van der Waals surface area contributed by atoms with Crippen molar-refractivity contribution in [1.82, 2.24) is 0 Å². The fourth-order valence-electron chi connectivity index (χ4n) is 2.24. The van der Waals surface area contributed by atoms with Gasteiger partial charge in [-0.1, -0.05) is 41.5 Å². The van der Waals surface area contributed by atoms with Gasteiger partial charge in [-0.05, 0) is 34.1 Å². The number of hydrogen-bond acceptors (Lipinski definition) is 4. The van der Waals surface area contributed by atoms with Crippen molar-refractivity contribution in [3.63, 3.8) is 0 Å². The molecule has 0 fully saturated rings. The Morgan fingerprint density at radius 3 is 1.64 bits per heavy atom. The summed E-state index contributed by atoms with van der Waals surface area (Å²) < 4.78 is 0. The standard InChI is InChI=1S/C16H25N3O3/c1-15(2,3)10-7-9(20)8-11(16(4,5)6)12(10)19(18)14(22)13(17)21/h7-8,20H,18H2,1-6H3,(H2,17,21). The number of carbonyl (C=O) groups excluding carboxylic acids is 2. The smallest absolute Gasteiger partial charge is 0.330 e. The number of phenols is 1. The number of benzene rings is 1. The molecule has 0 bridgehead atoms.